The Morgan fingerprint density at radius 1 is 1.33 bits per heavy atom. The molecular formula is C13H15FN4. The molecule has 0 fully saturated rings. The second-order valence-electron chi connectivity index (χ2n) is 4.44. The maximum Gasteiger partial charge on any atom is 0.125 e. The molecule has 3 rings (SSSR count). The number of nitrogens with zero attached hydrogens (tertiary/aromatic N) is 3. The maximum atomic E-state index is 13.2. The standard InChI is InChI=1S/C13H15FN4/c14-10-2-1-3-11(6-10)17-4-5-18-9-16-12(7-15)13(18)8-17/h1-3,6,9H,4-5,7-8,15H2. The van der Waals surface area contributed by atoms with E-state index in [1.54, 1.807) is 12.1 Å². The number of aromatic nitrogens is 2. The summed E-state index contributed by atoms with van der Waals surface area (Å²) in [6.45, 7) is 2.89. The average Bonchev–Trinajstić information content (AvgIpc) is 2.80. The van der Waals surface area contributed by atoms with E-state index in [2.05, 4.69) is 14.5 Å². The largest absolute Gasteiger partial charge is 0.364 e. The number of hydrogen-bond acceptors (Lipinski definition) is 3. The summed E-state index contributed by atoms with van der Waals surface area (Å²) in [5.41, 5.74) is 8.64. The monoisotopic (exact) mass is 246 g/mol. The van der Waals surface area contributed by atoms with Gasteiger partial charge in [-0.15, -0.1) is 0 Å². The lowest BCUT2D eigenvalue weighted by Crippen LogP contribution is -2.33. The van der Waals surface area contributed by atoms with Crippen LogP contribution in [0.2, 0.25) is 0 Å². The van der Waals surface area contributed by atoms with Crippen molar-refractivity contribution in [2.45, 2.75) is 19.6 Å². The molecule has 18 heavy (non-hydrogen) atoms. The van der Waals surface area contributed by atoms with E-state index in [0.717, 1.165) is 36.7 Å². The molecular weight excluding hydrogens is 231 g/mol. The van der Waals surface area contributed by atoms with Gasteiger partial charge in [0.2, 0.25) is 0 Å². The van der Waals surface area contributed by atoms with E-state index in [1.165, 1.54) is 6.07 Å². The van der Waals surface area contributed by atoms with E-state index in [0.29, 0.717) is 6.54 Å². The first-order chi connectivity index (χ1) is 8.78. The molecule has 2 heterocycles. The van der Waals surface area contributed by atoms with Gasteiger partial charge in [-0.2, -0.15) is 0 Å². The zero-order chi connectivity index (χ0) is 12.5. The van der Waals surface area contributed by atoms with Crippen LogP contribution in [0, 0.1) is 5.82 Å². The number of fused-ring (bicyclic) bond motifs is 1. The minimum Gasteiger partial charge on any atom is -0.364 e. The predicted molar refractivity (Wildman–Crippen MR) is 67.6 cm³/mol. The Hall–Kier alpha value is -1.88. The van der Waals surface area contributed by atoms with E-state index in [1.807, 2.05) is 12.4 Å². The molecule has 4 nitrogen and oxygen atoms in total. The van der Waals surface area contributed by atoms with Crippen LogP contribution in [0.5, 0.6) is 0 Å². The molecule has 0 atom stereocenters. The Morgan fingerprint density at radius 2 is 2.22 bits per heavy atom. The first-order valence-electron chi connectivity index (χ1n) is 6.01. The van der Waals surface area contributed by atoms with Crippen LogP contribution in [0.4, 0.5) is 10.1 Å². The molecule has 0 unspecified atom stereocenters. The van der Waals surface area contributed by atoms with Gasteiger partial charge in [0, 0.05) is 25.3 Å². The Morgan fingerprint density at radius 3 is 3.00 bits per heavy atom. The first kappa shape index (κ1) is 11.2. The molecule has 0 saturated heterocycles. The summed E-state index contributed by atoms with van der Waals surface area (Å²) < 4.78 is 15.4. The summed E-state index contributed by atoms with van der Waals surface area (Å²) in [6.07, 6.45) is 1.83. The summed E-state index contributed by atoms with van der Waals surface area (Å²) in [4.78, 5) is 6.45. The van der Waals surface area contributed by atoms with E-state index >= 15 is 0 Å². The molecule has 5 heteroatoms. The van der Waals surface area contributed by atoms with Gasteiger partial charge in [-0.05, 0) is 18.2 Å². The average molecular weight is 246 g/mol. The van der Waals surface area contributed by atoms with Crippen molar-refractivity contribution in [3.05, 3.63) is 47.8 Å². The fourth-order valence-corrected chi connectivity index (χ4v) is 2.38. The molecule has 0 aliphatic carbocycles. The molecule has 1 aromatic heterocycles. The van der Waals surface area contributed by atoms with Gasteiger partial charge in [0.1, 0.15) is 5.82 Å². The van der Waals surface area contributed by atoms with Crippen LogP contribution in [0.15, 0.2) is 30.6 Å². The fourth-order valence-electron chi connectivity index (χ4n) is 2.38. The molecule has 0 saturated carbocycles. The van der Waals surface area contributed by atoms with Crippen LogP contribution in [0.25, 0.3) is 0 Å². The lowest BCUT2D eigenvalue weighted by atomic mass is 10.2. The number of halogens is 1. The number of imidazole rings is 1. The third kappa shape index (κ3) is 1.86. The lowest BCUT2D eigenvalue weighted by molar-refractivity contribution is 0.565. The molecule has 0 radical (unpaired) electrons. The van der Waals surface area contributed by atoms with Gasteiger partial charge >= 0.3 is 0 Å². The van der Waals surface area contributed by atoms with Crippen molar-refractivity contribution in [3.63, 3.8) is 0 Å². The number of hydrogen-bond donors (Lipinski definition) is 1. The number of anilines is 1. The quantitative estimate of drug-likeness (QED) is 0.873. The highest BCUT2D eigenvalue weighted by Gasteiger charge is 2.19. The Bertz CT molecular complexity index is 550. The third-order valence-corrected chi connectivity index (χ3v) is 3.35. The SMILES string of the molecule is NCc1ncn2c1CN(c1cccc(F)c1)CC2. The van der Waals surface area contributed by atoms with Crippen molar-refractivity contribution in [2.75, 3.05) is 11.4 Å². The minimum absolute atomic E-state index is 0.203. The van der Waals surface area contributed by atoms with Crippen molar-refractivity contribution < 1.29 is 4.39 Å². The van der Waals surface area contributed by atoms with Gasteiger partial charge in [0.15, 0.2) is 0 Å². The topological polar surface area (TPSA) is 47.1 Å². The highest BCUT2D eigenvalue weighted by Crippen LogP contribution is 2.23. The second-order valence-corrected chi connectivity index (χ2v) is 4.44. The first-order valence-corrected chi connectivity index (χ1v) is 6.01. The highest BCUT2D eigenvalue weighted by molar-refractivity contribution is 5.47. The van der Waals surface area contributed by atoms with Crippen LogP contribution in [0.3, 0.4) is 0 Å². The zero-order valence-corrected chi connectivity index (χ0v) is 10.0. The Balaban J connectivity index is 1.90. The van der Waals surface area contributed by atoms with E-state index in [-0.39, 0.29) is 5.82 Å². The Labute approximate surface area is 105 Å². The van der Waals surface area contributed by atoms with E-state index in [4.69, 9.17) is 5.73 Å². The molecule has 1 aliphatic rings. The van der Waals surface area contributed by atoms with Crippen LogP contribution in [-0.4, -0.2) is 16.1 Å². The third-order valence-electron chi connectivity index (χ3n) is 3.35. The van der Waals surface area contributed by atoms with Gasteiger partial charge in [-0.25, -0.2) is 9.37 Å². The van der Waals surface area contributed by atoms with Gasteiger partial charge in [-0.1, -0.05) is 6.07 Å². The molecule has 0 amide bonds. The van der Waals surface area contributed by atoms with E-state index in [9.17, 15) is 4.39 Å². The highest BCUT2D eigenvalue weighted by atomic mass is 19.1. The molecule has 1 aromatic carbocycles. The van der Waals surface area contributed by atoms with Gasteiger partial charge < -0.3 is 15.2 Å². The van der Waals surface area contributed by atoms with Gasteiger partial charge in [-0.3, -0.25) is 0 Å². The molecule has 2 N–H and O–H groups in total. The maximum absolute atomic E-state index is 13.2. The summed E-state index contributed by atoms with van der Waals surface area (Å²) in [5.74, 6) is -0.203. The van der Waals surface area contributed by atoms with Crippen LogP contribution in [0.1, 0.15) is 11.4 Å². The molecule has 2 aromatic rings. The van der Waals surface area contributed by atoms with Crippen LogP contribution < -0.4 is 10.6 Å². The normalized spacial score (nSPS) is 14.7. The number of nitrogens with two attached hydrogens (primary N) is 1. The van der Waals surface area contributed by atoms with Crippen LogP contribution in [-0.2, 0) is 19.6 Å². The van der Waals surface area contributed by atoms with Gasteiger partial charge in [0.25, 0.3) is 0 Å². The fraction of sp³-hybridized carbons (Fsp3) is 0.308. The predicted octanol–water partition coefficient (Wildman–Crippen LogP) is 1.50. The lowest BCUT2D eigenvalue weighted by Gasteiger charge is -2.30. The second kappa shape index (κ2) is 4.42. The summed E-state index contributed by atoms with van der Waals surface area (Å²) in [7, 11) is 0. The van der Waals surface area contributed by atoms with E-state index < -0.39 is 0 Å². The summed E-state index contributed by atoms with van der Waals surface area (Å²) in [6, 6.07) is 6.69. The molecule has 1 aliphatic heterocycles. The Kier molecular flexibility index (Phi) is 2.76. The number of rotatable bonds is 2. The van der Waals surface area contributed by atoms with Crippen molar-refractivity contribution in [1.29, 1.82) is 0 Å². The van der Waals surface area contributed by atoms with Crippen molar-refractivity contribution >= 4 is 5.69 Å². The smallest absolute Gasteiger partial charge is 0.125 e. The minimum atomic E-state index is -0.203. The van der Waals surface area contributed by atoms with Crippen molar-refractivity contribution in [1.82, 2.24) is 9.55 Å². The molecule has 0 bridgehead atoms. The zero-order valence-electron chi connectivity index (χ0n) is 10.0. The van der Waals surface area contributed by atoms with Crippen molar-refractivity contribution in [2.24, 2.45) is 5.73 Å². The number of benzene rings is 1. The molecule has 0 spiro atoms. The van der Waals surface area contributed by atoms with Gasteiger partial charge in [0.05, 0.1) is 24.3 Å². The van der Waals surface area contributed by atoms with Crippen molar-refractivity contribution in [3.8, 4) is 0 Å². The summed E-state index contributed by atoms with van der Waals surface area (Å²) >= 11 is 0. The molecule has 94 valence electrons. The van der Waals surface area contributed by atoms with Crippen LogP contribution >= 0.6 is 0 Å². The summed E-state index contributed by atoms with van der Waals surface area (Å²) in [5, 5.41) is 0.